The Bertz CT molecular complexity index is 192. The van der Waals surface area contributed by atoms with E-state index in [-0.39, 0.29) is 18.2 Å². The highest BCUT2D eigenvalue weighted by molar-refractivity contribution is 5.74. The quantitative estimate of drug-likeness (QED) is 0.582. The fourth-order valence-electron chi connectivity index (χ4n) is 2.08. The molecular weight excluding hydrogens is 158 g/mol. The fraction of sp³-hybridized carbons (Fsp3) is 0.875. The minimum Gasteiger partial charge on any atom is -0.480 e. The van der Waals surface area contributed by atoms with Crippen molar-refractivity contribution in [2.75, 3.05) is 0 Å². The van der Waals surface area contributed by atoms with Crippen LogP contribution in [0.25, 0.3) is 0 Å². The predicted octanol–water partition coefficient (Wildman–Crippen LogP) is -0.0211. The maximum atomic E-state index is 10.6. The van der Waals surface area contributed by atoms with Gasteiger partial charge in [0.05, 0.1) is 12.2 Å². The number of ether oxygens (including phenoxy) is 1. The zero-order valence-electron chi connectivity index (χ0n) is 6.99. The molecular formula is C8H13NO3. The Kier molecular flexibility index (Phi) is 1.81. The highest BCUT2D eigenvalue weighted by atomic mass is 16.5. The van der Waals surface area contributed by atoms with Crippen LogP contribution in [0.4, 0.5) is 0 Å². The first-order valence-corrected chi connectivity index (χ1v) is 4.31. The molecule has 2 fully saturated rings. The summed E-state index contributed by atoms with van der Waals surface area (Å²) < 4.78 is 5.54. The Morgan fingerprint density at radius 2 is 2.33 bits per heavy atom. The molecule has 2 aliphatic heterocycles. The molecule has 12 heavy (non-hydrogen) atoms. The van der Waals surface area contributed by atoms with Gasteiger partial charge in [-0.25, -0.2) is 0 Å². The van der Waals surface area contributed by atoms with Crippen LogP contribution in [0.15, 0.2) is 0 Å². The minimum atomic E-state index is -0.763. The normalized spacial score (nSPS) is 46.1. The highest BCUT2D eigenvalue weighted by Crippen LogP contribution is 2.28. The van der Waals surface area contributed by atoms with Gasteiger partial charge in [0.1, 0.15) is 6.04 Å². The average molecular weight is 171 g/mol. The number of nitrogens with one attached hydrogen (secondary N) is 1. The van der Waals surface area contributed by atoms with Gasteiger partial charge in [-0.2, -0.15) is 0 Å². The van der Waals surface area contributed by atoms with Crippen LogP contribution in [0.1, 0.15) is 19.8 Å². The molecule has 0 radical (unpaired) electrons. The molecule has 4 atom stereocenters. The summed E-state index contributed by atoms with van der Waals surface area (Å²) in [5, 5.41) is 11.8. The summed E-state index contributed by atoms with van der Waals surface area (Å²) >= 11 is 0. The first-order valence-electron chi connectivity index (χ1n) is 4.31. The number of carboxylic acids is 1. The maximum absolute atomic E-state index is 10.6. The highest BCUT2D eigenvalue weighted by Gasteiger charge is 2.43. The molecule has 0 aromatic heterocycles. The van der Waals surface area contributed by atoms with Crippen molar-refractivity contribution >= 4 is 5.97 Å². The molecule has 0 amide bonds. The molecule has 0 saturated carbocycles. The van der Waals surface area contributed by atoms with E-state index < -0.39 is 12.0 Å². The zero-order chi connectivity index (χ0) is 8.72. The van der Waals surface area contributed by atoms with E-state index in [4.69, 9.17) is 9.84 Å². The molecule has 2 saturated heterocycles. The number of aliphatic carboxylic acids is 1. The van der Waals surface area contributed by atoms with Gasteiger partial charge in [0.15, 0.2) is 0 Å². The molecule has 2 heterocycles. The van der Waals surface area contributed by atoms with Crippen LogP contribution in [0.2, 0.25) is 0 Å². The van der Waals surface area contributed by atoms with Gasteiger partial charge in [0.2, 0.25) is 0 Å². The van der Waals surface area contributed by atoms with Gasteiger partial charge in [-0.3, -0.25) is 10.1 Å². The van der Waals surface area contributed by atoms with Crippen molar-refractivity contribution in [3.05, 3.63) is 0 Å². The smallest absolute Gasteiger partial charge is 0.320 e. The lowest BCUT2D eigenvalue weighted by atomic mass is 10.1. The van der Waals surface area contributed by atoms with Crippen molar-refractivity contribution in [3.8, 4) is 0 Å². The van der Waals surface area contributed by atoms with Gasteiger partial charge in [-0.1, -0.05) is 0 Å². The first-order chi connectivity index (χ1) is 5.66. The molecule has 0 unspecified atom stereocenters. The van der Waals surface area contributed by atoms with Crippen molar-refractivity contribution < 1.29 is 14.6 Å². The number of hydrogen-bond acceptors (Lipinski definition) is 3. The number of fused-ring (bicyclic) bond motifs is 1. The molecule has 2 aliphatic rings. The van der Waals surface area contributed by atoms with E-state index in [0.717, 1.165) is 6.42 Å². The van der Waals surface area contributed by atoms with Crippen LogP contribution < -0.4 is 5.32 Å². The van der Waals surface area contributed by atoms with Crippen molar-refractivity contribution in [1.82, 2.24) is 5.32 Å². The molecule has 2 rings (SSSR count). The van der Waals surface area contributed by atoms with Gasteiger partial charge in [-0.05, 0) is 13.3 Å². The summed E-state index contributed by atoms with van der Waals surface area (Å²) in [6, 6.07) is -0.131. The first kappa shape index (κ1) is 8.01. The summed E-state index contributed by atoms with van der Waals surface area (Å²) in [5.41, 5.74) is 0. The van der Waals surface area contributed by atoms with Crippen LogP contribution in [0.3, 0.4) is 0 Å². The monoisotopic (exact) mass is 171 g/mol. The Morgan fingerprint density at radius 3 is 2.92 bits per heavy atom. The molecule has 2 N–H and O–H groups in total. The molecule has 68 valence electrons. The van der Waals surface area contributed by atoms with Gasteiger partial charge >= 0.3 is 5.97 Å². The van der Waals surface area contributed by atoms with Gasteiger partial charge in [-0.15, -0.1) is 0 Å². The standard InChI is InChI=1S/C8H13NO3/c1-4-2-5-7(12-4)3-6(9-5)8(10)11/h4-7,9H,2-3H2,1H3,(H,10,11)/t4-,5+,6-,7+/m1/s1. The molecule has 0 spiro atoms. The second-order valence-electron chi connectivity index (χ2n) is 3.62. The van der Waals surface area contributed by atoms with E-state index in [1.807, 2.05) is 6.92 Å². The van der Waals surface area contributed by atoms with Crippen molar-refractivity contribution in [3.63, 3.8) is 0 Å². The van der Waals surface area contributed by atoms with E-state index in [0.29, 0.717) is 6.42 Å². The second kappa shape index (κ2) is 2.71. The molecule has 4 heteroatoms. The third-order valence-electron chi connectivity index (χ3n) is 2.62. The van der Waals surface area contributed by atoms with E-state index in [1.54, 1.807) is 0 Å². The van der Waals surface area contributed by atoms with E-state index in [9.17, 15) is 4.79 Å². The van der Waals surface area contributed by atoms with Crippen molar-refractivity contribution in [2.45, 2.75) is 44.1 Å². The predicted molar refractivity (Wildman–Crippen MR) is 41.9 cm³/mol. The second-order valence-corrected chi connectivity index (χ2v) is 3.62. The average Bonchev–Trinajstić information content (AvgIpc) is 2.42. The van der Waals surface area contributed by atoms with Gasteiger partial charge < -0.3 is 9.84 Å². The van der Waals surface area contributed by atoms with Crippen LogP contribution in [0.5, 0.6) is 0 Å². The van der Waals surface area contributed by atoms with Crippen LogP contribution >= 0.6 is 0 Å². The molecule has 0 aliphatic carbocycles. The zero-order valence-corrected chi connectivity index (χ0v) is 6.99. The topological polar surface area (TPSA) is 58.6 Å². The number of carboxylic acid groups (broad SMARTS) is 1. The van der Waals surface area contributed by atoms with Crippen LogP contribution in [-0.2, 0) is 9.53 Å². The lowest BCUT2D eigenvalue weighted by molar-refractivity contribution is -0.139. The van der Waals surface area contributed by atoms with Crippen LogP contribution in [0, 0.1) is 0 Å². The SMILES string of the molecule is C[C@@H]1C[C@@H]2N[C@@H](C(=O)O)C[C@@H]2O1. The molecule has 0 aromatic carbocycles. The molecule has 0 aromatic rings. The van der Waals surface area contributed by atoms with Crippen LogP contribution in [-0.4, -0.2) is 35.4 Å². The third kappa shape index (κ3) is 1.21. The molecule has 4 nitrogen and oxygen atoms in total. The fourth-order valence-corrected chi connectivity index (χ4v) is 2.08. The summed E-state index contributed by atoms with van der Waals surface area (Å²) in [4.78, 5) is 10.6. The van der Waals surface area contributed by atoms with E-state index in [1.165, 1.54) is 0 Å². The van der Waals surface area contributed by atoms with Crippen molar-refractivity contribution in [2.24, 2.45) is 0 Å². The maximum Gasteiger partial charge on any atom is 0.320 e. The summed E-state index contributed by atoms with van der Waals surface area (Å²) in [6.07, 6.45) is 1.96. The Balaban J connectivity index is 1.98. The Labute approximate surface area is 70.9 Å². The number of rotatable bonds is 1. The number of carbonyl (C=O) groups is 1. The molecule has 0 bridgehead atoms. The van der Waals surface area contributed by atoms with E-state index in [2.05, 4.69) is 5.32 Å². The van der Waals surface area contributed by atoms with Gasteiger partial charge in [0, 0.05) is 12.5 Å². The summed E-state index contributed by atoms with van der Waals surface area (Å²) in [6.45, 7) is 2.02. The van der Waals surface area contributed by atoms with Gasteiger partial charge in [0.25, 0.3) is 0 Å². The summed E-state index contributed by atoms with van der Waals surface area (Å²) in [5.74, 6) is -0.763. The Morgan fingerprint density at radius 1 is 1.58 bits per heavy atom. The lowest BCUT2D eigenvalue weighted by Crippen LogP contribution is -2.35. The third-order valence-corrected chi connectivity index (χ3v) is 2.62. The lowest BCUT2D eigenvalue weighted by Gasteiger charge is -2.08. The summed E-state index contributed by atoms with van der Waals surface area (Å²) in [7, 11) is 0. The minimum absolute atomic E-state index is 0.126. The largest absolute Gasteiger partial charge is 0.480 e. The van der Waals surface area contributed by atoms with Crippen molar-refractivity contribution in [1.29, 1.82) is 0 Å². The van der Waals surface area contributed by atoms with E-state index >= 15 is 0 Å². The Hall–Kier alpha value is -0.610. The number of hydrogen-bond donors (Lipinski definition) is 2.